The lowest BCUT2D eigenvalue weighted by atomic mass is 10.1. The van der Waals surface area contributed by atoms with Crippen molar-refractivity contribution in [1.29, 1.82) is 0 Å². The highest BCUT2D eigenvalue weighted by Crippen LogP contribution is 2.37. The average Bonchev–Trinajstić information content (AvgIpc) is 2.53. The molecule has 3 rings (SSSR count). The maximum Gasteiger partial charge on any atom is 0.416 e. The Balaban J connectivity index is 1.97. The van der Waals surface area contributed by atoms with Crippen LogP contribution in [0.3, 0.4) is 0 Å². The van der Waals surface area contributed by atoms with Crippen LogP contribution in [0.4, 0.5) is 30.2 Å². The van der Waals surface area contributed by atoms with Gasteiger partial charge >= 0.3 is 6.18 Å². The molecule has 1 atom stereocenters. The third kappa shape index (κ3) is 2.74. The second kappa shape index (κ2) is 5.53. The summed E-state index contributed by atoms with van der Waals surface area (Å²) in [5.41, 5.74) is 7.69. The fourth-order valence-electron chi connectivity index (χ4n) is 2.62. The van der Waals surface area contributed by atoms with Gasteiger partial charge in [-0.2, -0.15) is 13.2 Å². The lowest BCUT2D eigenvalue weighted by Crippen LogP contribution is -2.43. The van der Waals surface area contributed by atoms with E-state index in [9.17, 15) is 13.2 Å². The molecule has 0 saturated heterocycles. The number of anilines is 3. The van der Waals surface area contributed by atoms with Crippen molar-refractivity contribution in [3.8, 4) is 0 Å². The first-order chi connectivity index (χ1) is 10.5. The van der Waals surface area contributed by atoms with Gasteiger partial charge in [0.25, 0.3) is 0 Å². The van der Waals surface area contributed by atoms with E-state index < -0.39 is 11.7 Å². The van der Waals surface area contributed by atoms with Gasteiger partial charge in [-0.3, -0.25) is 0 Å². The van der Waals surface area contributed by atoms with Gasteiger partial charge in [-0.15, -0.1) is 0 Å². The Morgan fingerprint density at radius 3 is 2.41 bits per heavy atom. The lowest BCUT2D eigenvalue weighted by molar-refractivity contribution is -0.137. The standard InChI is InChI=1S/C16H16F3N3/c17-16(18,19)11-5-7-13(8-6-11)22-10-12(9-20)21-14-3-1-2-4-15(14)22/h1-8,12,21H,9-10,20H2. The predicted octanol–water partition coefficient (Wildman–Crippen LogP) is 3.60. The van der Waals surface area contributed by atoms with E-state index in [0.717, 1.165) is 29.2 Å². The molecule has 1 heterocycles. The third-order valence-corrected chi connectivity index (χ3v) is 3.75. The summed E-state index contributed by atoms with van der Waals surface area (Å²) in [4.78, 5) is 1.99. The van der Waals surface area contributed by atoms with Gasteiger partial charge in [0.05, 0.1) is 23.0 Å². The van der Waals surface area contributed by atoms with Crippen LogP contribution in [0, 0.1) is 0 Å². The maximum absolute atomic E-state index is 12.7. The second-order valence-electron chi connectivity index (χ2n) is 5.25. The van der Waals surface area contributed by atoms with Gasteiger partial charge in [-0.1, -0.05) is 12.1 Å². The molecule has 0 aromatic heterocycles. The normalized spacial score (nSPS) is 17.8. The van der Waals surface area contributed by atoms with E-state index in [1.54, 1.807) is 0 Å². The molecule has 0 bridgehead atoms. The average molecular weight is 307 g/mol. The molecule has 0 aliphatic carbocycles. The molecule has 0 amide bonds. The number of nitrogens with two attached hydrogens (primary N) is 1. The van der Waals surface area contributed by atoms with Crippen LogP contribution in [0.15, 0.2) is 48.5 Å². The summed E-state index contributed by atoms with van der Waals surface area (Å²) in [5, 5.41) is 3.34. The minimum Gasteiger partial charge on any atom is -0.378 e. The minimum atomic E-state index is -4.32. The molecule has 2 aromatic rings. The van der Waals surface area contributed by atoms with E-state index in [-0.39, 0.29) is 6.04 Å². The summed E-state index contributed by atoms with van der Waals surface area (Å²) in [7, 11) is 0. The van der Waals surface area contributed by atoms with Crippen molar-refractivity contribution in [1.82, 2.24) is 0 Å². The summed E-state index contributed by atoms with van der Waals surface area (Å²) in [6.07, 6.45) is -4.32. The quantitative estimate of drug-likeness (QED) is 0.891. The Kier molecular flexibility index (Phi) is 3.70. The summed E-state index contributed by atoms with van der Waals surface area (Å²) in [6.45, 7) is 1.06. The highest BCUT2D eigenvalue weighted by Gasteiger charge is 2.30. The van der Waals surface area contributed by atoms with Gasteiger partial charge in [0.2, 0.25) is 0 Å². The summed E-state index contributed by atoms with van der Waals surface area (Å²) in [5.74, 6) is 0. The van der Waals surface area contributed by atoms with Crippen LogP contribution >= 0.6 is 0 Å². The largest absolute Gasteiger partial charge is 0.416 e. The Bertz CT molecular complexity index is 652. The van der Waals surface area contributed by atoms with E-state index in [0.29, 0.717) is 13.1 Å². The van der Waals surface area contributed by atoms with Crippen LogP contribution in [0.25, 0.3) is 0 Å². The molecular weight excluding hydrogens is 291 g/mol. The molecule has 0 saturated carbocycles. The zero-order valence-corrected chi connectivity index (χ0v) is 11.8. The third-order valence-electron chi connectivity index (χ3n) is 3.75. The van der Waals surface area contributed by atoms with E-state index >= 15 is 0 Å². The molecule has 6 heteroatoms. The van der Waals surface area contributed by atoms with Crippen molar-refractivity contribution >= 4 is 17.1 Å². The molecule has 2 aromatic carbocycles. The van der Waals surface area contributed by atoms with Crippen LogP contribution in [0.1, 0.15) is 5.56 Å². The van der Waals surface area contributed by atoms with Crippen molar-refractivity contribution in [2.45, 2.75) is 12.2 Å². The van der Waals surface area contributed by atoms with Crippen molar-refractivity contribution in [2.75, 3.05) is 23.3 Å². The highest BCUT2D eigenvalue weighted by atomic mass is 19.4. The smallest absolute Gasteiger partial charge is 0.378 e. The molecule has 1 aliphatic rings. The van der Waals surface area contributed by atoms with Gasteiger partial charge < -0.3 is 16.0 Å². The number of benzene rings is 2. The van der Waals surface area contributed by atoms with Crippen molar-refractivity contribution in [3.05, 3.63) is 54.1 Å². The minimum absolute atomic E-state index is 0.0530. The zero-order valence-electron chi connectivity index (χ0n) is 11.8. The first kappa shape index (κ1) is 14.7. The zero-order chi connectivity index (χ0) is 15.7. The van der Waals surface area contributed by atoms with E-state index in [1.807, 2.05) is 29.2 Å². The number of halogens is 3. The van der Waals surface area contributed by atoms with Crippen molar-refractivity contribution in [2.24, 2.45) is 5.73 Å². The number of nitrogens with one attached hydrogen (secondary N) is 1. The maximum atomic E-state index is 12.7. The number of hydrogen-bond donors (Lipinski definition) is 2. The van der Waals surface area contributed by atoms with Crippen LogP contribution in [0.5, 0.6) is 0 Å². The number of rotatable bonds is 2. The van der Waals surface area contributed by atoms with Gasteiger partial charge in [-0.05, 0) is 36.4 Å². The summed E-state index contributed by atoms with van der Waals surface area (Å²) < 4.78 is 38.0. The number of alkyl halides is 3. The monoisotopic (exact) mass is 307 g/mol. The highest BCUT2D eigenvalue weighted by molar-refractivity contribution is 5.79. The van der Waals surface area contributed by atoms with Crippen LogP contribution in [-0.2, 0) is 6.18 Å². The molecule has 0 spiro atoms. The molecule has 0 radical (unpaired) electrons. The Morgan fingerprint density at radius 1 is 1.09 bits per heavy atom. The van der Waals surface area contributed by atoms with E-state index in [4.69, 9.17) is 5.73 Å². The molecule has 0 fully saturated rings. The van der Waals surface area contributed by atoms with Gasteiger partial charge in [0.15, 0.2) is 0 Å². The van der Waals surface area contributed by atoms with Crippen molar-refractivity contribution in [3.63, 3.8) is 0 Å². The predicted molar refractivity (Wildman–Crippen MR) is 81.4 cm³/mol. The number of nitrogens with zero attached hydrogens (tertiary/aromatic N) is 1. The van der Waals surface area contributed by atoms with Crippen LogP contribution in [0.2, 0.25) is 0 Å². The fraction of sp³-hybridized carbons (Fsp3) is 0.250. The molecule has 3 N–H and O–H groups in total. The summed E-state index contributed by atoms with van der Waals surface area (Å²) >= 11 is 0. The molecule has 1 unspecified atom stereocenters. The topological polar surface area (TPSA) is 41.3 Å². The number of hydrogen-bond acceptors (Lipinski definition) is 3. The Morgan fingerprint density at radius 2 is 1.77 bits per heavy atom. The Hall–Kier alpha value is -2.21. The summed E-state index contributed by atoms with van der Waals surface area (Å²) in [6, 6.07) is 13.0. The molecule has 1 aliphatic heterocycles. The lowest BCUT2D eigenvalue weighted by Gasteiger charge is -2.37. The fourth-order valence-corrected chi connectivity index (χ4v) is 2.62. The molecular formula is C16H16F3N3. The van der Waals surface area contributed by atoms with Gasteiger partial charge in [0, 0.05) is 18.8 Å². The first-order valence-corrected chi connectivity index (χ1v) is 6.99. The van der Waals surface area contributed by atoms with Crippen LogP contribution < -0.4 is 16.0 Å². The Labute approximate surface area is 126 Å². The number of para-hydroxylation sites is 2. The van der Waals surface area contributed by atoms with E-state index in [2.05, 4.69) is 5.32 Å². The molecule has 3 nitrogen and oxygen atoms in total. The second-order valence-corrected chi connectivity index (χ2v) is 5.25. The molecule has 22 heavy (non-hydrogen) atoms. The SMILES string of the molecule is NCC1CN(c2ccc(C(F)(F)F)cc2)c2ccccc2N1. The van der Waals surface area contributed by atoms with Crippen molar-refractivity contribution < 1.29 is 13.2 Å². The van der Waals surface area contributed by atoms with Gasteiger partial charge in [0.1, 0.15) is 0 Å². The van der Waals surface area contributed by atoms with E-state index in [1.165, 1.54) is 12.1 Å². The first-order valence-electron chi connectivity index (χ1n) is 6.99. The van der Waals surface area contributed by atoms with Crippen LogP contribution in [-0.4, -0.2) is 19.1 Å². The number of fused-ring (bicyclic) bond motifs is 1. The molecule has 116 valence electrons. The van der Waals surface area contributed by atoms with Gasteiger partial charge in [-0.25, -0.2) is 0 Å².